The molecule has 0 saturated carbocycles. The van der Waals surface area contributed by atoms with Gasteiger partial charge >= 0.3 is 0 Å². The summed E-state index contributed by atoms with van der Waals surface area (Å²) in [5.41, 5.74) is -0.0809. The minimum Gasteiger partial charge on any atom is -0.378 e. The van der Waals surface area contributed by atoms with Crippen molar-refractivity contribution >= 4 is 0 Å². The molecule has 1 aliphatic heterocycles. The van der Waals surface area contributed by atoms with Crippen LogP contribution in [0.2, 0.25) is 0 Å². The smallest absolute Gasteiger partial charge is 0.227 e. The minimum atomic E-state index is -0.0809. The molecule has 2 atom stereocenters. The van der Waals surface area contributed by atoms with Gasteiger partial charge in [-0.05, 0) is 24.7 Å². The average molecular weight is 263 g/mol. The third-order valence-electron chi connectivity index (χ3n) is 3.88. The van der Waals surface area contributed by atoms with E-state index in [0.29, 0.717) is 18.7 Å². The lowest BCUT2D eigenvalue weighted by Gasteiger charge is -2.22. The molecule has 1 saturated heterocycles. The van der Waals surface area contributed by atoms with Gasteiger partial charge in [0.15, 0.2) is 5.82 Å². The first-order valence-electron chi connectivity index (χ1n) is 6.95. The average Bonchev–Trinajstić information content (AvgIpc) is 3.02. The molecular weight excluding hydrogens is 242 g/mol. The summed E-state index contributed by atoms with van der Waals surface area (Å²) >= 11 is 0. The summed E-state index contributed by atoms with van der Waals surface area (Å²) in [5.74, 6) is 1.35. The Morgan fingerprint density at radius 1 is 1.53 bits per heavy atom. The summed E-state index contributed by atoms with van der Waals surface area (Å²) in [6.45, 7) is 5.01. The van der Waals surface area contributed by atoms with Crippen LogP contribution in [-0.2, 0) is 17.6 Å². The Morgan fingerprint density at radius 2 is 2.37 bits per heavy atom. The molecule has 5 heteroatoms. The summed E-state index contributed by atoms with van der Waals surface area (Å²) in [6.07, 6.45) is 5.25. The molecule has 0 aliphatic carbocycles. The number of rotatable bonds is 6. The fourth-order valence-corrected chi connectivity index (χ4v) is 2.32. The molecule has 5 nitrogen and oxygen atoms in total. The van der Waals surface area contributed by atoms with E-state index in [1.54, 1.807) is 0 Å². The van der Waals surface area contributed by atoms with Crippen molar-refractivity contribution in [2.45, 2.75) is 58.5 Å². The Morgan fingerprint density at radius 3 is 3.00 bits per heavy atom. The lowest BCUT2D eigenvalue weighted by molar-refractivity contribution is 0.109. The molecule has 2 heterocycles. The van der Waals surface area contributed by atoms with Crippen LogP contribution in [0, 0.1) is 16.7 Å². The third kappa shape index (κ3) is 3.77. The summed E-state index contributed by atoms with van der Waals surface area (Å²) in [5, 5.41) is 12.9. The highest BCUT2D eigenvalue weighted by Gasteiger charge is 2.26. The first-order valence-corrected chi connectivity index (χ1v) is 6.95. The van der Waals surface area contributed by atoms with E-state index in [2.05, 4.69) is 30.1 Å². The molecule has 2 rings (SSSR count). The van der Waals surface area contributed by atoms with Gasteiger partial charge < -0.3 is 9.26 Å². The molecular formula is C14H21N3O2. The number of nitriles is 1. The van der Waals surface area contributed by atoms with Crippen molar-refractivity contribution in [2.75, 3.05) is 6.61 Å². The zero-order chi connectivity index (χ0) is 13.7. The van der Waals surface area contributed by atoms with Crippen molar-refractivity contribution in [3.05, 3.63) is 11.7 Å². The second-order valence-electron chi connectivity index (χ2n) is 5.62. The topological polar surface area (TPSA) is 71.9 Å². The van der Waals surface area contributed by atoms with Gasteiger partial charge in [-0.1, -0.05) is 19.0 Å². The summed E-state index contributed by atoms with van der Waals surface area (Å²) in [4.78, 5) is 4.42. The number of nitrogens with zero attached hydrogens (tertiary/aromatic N) is 3. The maximum atomic E-state index is 8.87. The molecule has 0 bridgehead atoms. The van der Waals surface area contributed by atoms with E-state index >= 15 is 0 Å². The van der Waals surface area contributed by atoms with Gasteiger partial charge in [-0.15, -0.1) is 0 Å². The van der Waals surface area contributed by atoms with Crippen molar-refractivity contribution in [3.63, 3.8) is 0 Å². The minimum absolute atomic E-state index is 0.0809. The van der Waals surface area contributed by atoms with E-state index in [1.807, 2.05) is 0 Å². The lowest BCUT2D eigenvalue weighted by atomic mass is 9.81. The highest BCUT2D eigenvalue weighted by atomic mass is 16.5. The Balaban J connectivity index is 1.94. The van der Waals surface area contributed by atoms with E-state index in [9.17, 15) is 0 Å². The Bertz CT molecular complexity index is 446. The molecule has 1 aromatic rings. The van der Waals surface area contributed by atoms with Gasteiger partial charge in [0.1, 0.15) is 0 Å². The van der Waals surface area contributed by atoms with Crippen LogP contribution in [0.15, 0.2) is 4.52 Å². The van der Waals surface area contributed by atoms with Crippen LogP contribution in [0.3, 0.4) is 0 Å². The molecule has 1 aromatic heterocycles. The monoisotopic (exact) mass is 263 g/mol. The summed E-state index contributed by atoms with van der Waals surface area (Å²) < 4.78 is 10.9. The predicted octanol–water partition coefficient (Wildman–Crippen LogP) is 2.66. The van der Waals surface area contributed by atoms with Crippen LogP contribution in [0.4, 0.5) is 0 Å². The highest BCUT2D eigenvalue weighted by molar-refractivity contribution is 4.96. The van der Waals surface area contributed by atoms with Gasteiger partial charge in [0.2, 0.25) is 5.89 Å². The van der Waals surface area contributed by atoms with Crippen molar-refractivity contribution in [3.8, 4) is 6.07 Å². The van der Waals surface area contributed by atoms with Crippen LogP contribution in [0.5, 0.6) is 0 Å². The molecule has 19 heavy (non-hydrogen) atoms. The molecule has 2 unspecified atom stereocenters. The number of hydrogen-bond acceptors (Lipinski definition) is 5. The molecule has 0 aromatic carbocycles. The van der Waals surface area contributed by atoms with Gasteiger partial charge in [0, 0.05) is 25.9 Å². The molecule has 0 spiro atoms. The lowest BCUT2D eigenvalue weighted by Crippen LogP contribution is -2.18. The van der Waals surface area contributed by atoms with Crippen molar-refractivity contribution in [1.82, 2.24) is 10.1 Å². The molecule has 0 amide bonds. The fourth-order valence-electron chi connectivity index (χ4n) is 2.32. The largest absolute Gasteiger partial charge is 0.378 e. The van der Waals surface area contributed by atoms with E-state index in [-0.39, 0.29) is 11.5 Å². The van der Waals surface area contributed by atoms with Gasteiger partial charge in [0.25, 0.3) is 0 Å². The van der Waals surface area contributed by atoms with Crippen LogP contribution in [0.1, 0.15) is 51.2 Å². The standard InChI is InChI=1S/C14H21N3O2/c1-3-14(2,6-7-15)10-13-16-12(17-19-13)9-11-5-4-8-18-11/h11H,3-6,8-10H2,1-2H3. The summed E-state index contributed by atoms with van der Waals surface area (Å²) in [6, 6.07) is 2.24. The van der Waals surface area contributed by atoms with Crippen LogP contribution in [0.25, 0.3) is 0 Å². The SMILES string of the molecule is CCC(C)(CC#N)Cc1nc(CC2CCCO2)no1. The molecule has 0 N–H and O–H groups in total. The quantitative estimate of drug-likeness (QED) is 0.789. The maximum absolute atomic E-state index is 8.87. The second kappa shape index (κ2) is 6.16. The Hall–Kier alpha value is -1.41. The first-order chi connectivity index (χ1) is 9.15. The fraction of sp³-hybridized carbons (Fsp3) is 0.786. The van der Waals surface area contributed by atoms with E-state index in [4.69, 9.17) is 14.5 Å². The third-order valence-corrected chi connectivity index (χ3v) is 3.88. The Kier molecular flexibility index (Phi) is 4.54. The second-order valence-corrected chi connectivity index (χ2v) is 5.62. The van der Waals surface area contributed by atoms with E-state index < -0.39 is 0 Å². The normalized spacial score (nSPS) is 22.1. The van der Waals surface area contributed by atoms with Gasteiger partial charge in [-0.3, -0.25) is 0 Å². The van der Waals surface area contributed by atoms with Crippen molar-refractivity contribution in [1.29, 1.82) is 5.26 Å². The van der Waals surface area contributed by atoms with Crippen molar-refractivity contribution in [2.24, 2.45) is 5.41 Å². The predicted molar refractivity (Wildman–Crippen MR) is 69.3 cm³/mol. The van der Waals surface area contributed by atoms with Crippen LogP contribution in [-0.4, -0.2) is 22.9 Å². The van der Waals surface area contributed by atoms with Gasteiger partial charge in [-0.25, -0.2) is 0 Å². The van der Waals surface area contributed by atoms with Gasteiger partial charge in [0.05, 0.1) is 12.2 Å². The Labute approximate surface area is 113 Å². The van der Waals surface area contributed by atoms with E-state index in [1.165, 1.54) is 0 Å². The number of aromatic nitrogens is 2. The summed E-state index contributed by atoms with van der Waals surface area (Å²) in [7, 11) is 0. The zero-order valence-electron chi connectivity index (χ0n) is 11.7. The zero-order valence-corrected chi connectivity index (χ0v) is 11.7. The van der Waals surface area contributed by atoms with Crippen LogP contribution >= 0.6 is 0 Å². The van der Waals surface area contributed by atoms with E-state index in [0.717, 1.165) is 38.1 Å². The molecule has 0 radical (unpaired) electrons. The van der Waals surface area contributed by atoms with Crippen molar-refractivity contribution < 1.29 is 9.26 Å². The first kappa shape index (κ1) is 14.0. The maximum Gasteiger partial charge on any atom is 0.227 e. The number of ether oxygens (including phenoxy) is 1. The van der Waals surface area contributed by atoms with Crippen LogP contribution < -0.4 is 0 Å². The molecule has 1 fully saturated rings. The highest BCUT2D eigenvalue weighted by Crippen LogP contribution is 2.29. The van der Waals surface area contributed by atoms with Gasteiger partial charge in [-0.2, -0.15) is 10.2 Å². The number of hydrogen-bond donors (Lipinski definition) is 0. The molecule has 1 aliphatic rings. The molecule has 104 valence electrons.